The van der Waals surface area contributed by atoms with Crippen LogP contribution in [0.5, 0.6) is 0 Å². The first-order chi connectivity index (χ1) is 6.24. The minimum Gasteiger partial charge on any atom is -0.192 e. The molecule has 1 nitrogen and oxygen atoms in total. The lowest BCUT2D eigenvalue weighted by Gasteiger charge is -1.97. The largest absolute Gasteiger partial charge is 0.192 e. The van der Waals surface area contributed by atoms with Crippen LogP contribution in [-0.4, -0.2) is 0 Å². The summed E-state index contributed by atoms with van der Waals surface area (Å²) in [7, 11) is 0. The molecule has 0 atom stereocenters. The summed E-state index contributed by atoms with van der Waals surface area (Å²) in [5, 5.41) is 8.80. The number of allylic oxidation sites excluding steroid dienone is 1. The van der Waals surface area contributed by atoms with E-state index in [2.05, 4.69) is 26.0 Å². The van der Waals surface area contributed by atoms with Crippen LogP contribution < -0.4 is 0 Å². The Balaban J connectivity index is 2.95. The lowest BCUT2D eigenvalue weighted by atomic mass is 10.1. The maximum absolute atomic E-state index is 8.80. The summed E-state index contributed by atoms with van der Waals surface area (Å²) in [4.78, 5) is 0. The van der Waals surface area contributed by atoms with Crippen LogP contribution in [0, 0.1) is 17.2 Å². The topological polar surface area (TPSA) is 23.8 Å². The molecule has 0 aliphatic heterocycles. The second-order valence-electron chi connectivity index (χ2n) is 3.30. The molecule has 0 aromatic heterocycles. The normalized spacial score (nSPS) is 10.6. The molecule has 13 heavy (non-hydrogen) atoms. The predicted octanol–water partition coefficient (Wildman–Crippen LogP) is 3.23. The standard InChI is InChI=1S/C12H13N/c1-10(2)7-8-11-5-3-4-6-12(11)9-13/h3-8,10H,1-2H3/b8-7+. The van der Waals surface area contributed by atoms with Crippen molar-refractivity contribution in [1.82, 2.24) is 0 Å². The van der Waals surface area contributed by atoms with Gasteiger partial charge in [0, 0.05) is 0 Å². The lowest BCUT2D eigenvalue weighted by Crippen LogP contribution is -1.82. The van der Waals surface area contributed by atoms with Gasteiger partial charge in [-0.25, -0.2) is 0 Å². The zero-order valence-corrected chi connectivity index (χ0v) is 7.99. The molecule has 1 aromatic rings. The molecule has 1 aromatic carbocycles. The second-order valence-corrected chi connectivity index (χ2v) is 3.30. The van der Waals surface area contributed by atoms with Crippen molar-refractivity contribution in [3.05, 3.63) is 41.5 Å². The zero-order chi connectivity index (χ0) is 9.68. The van der Waals surface area contributed by atoms with Gasteiger partial charge < -0.3 is 0 Å². The van der Waals surface area contributed by atoms with Gasteiger partial charge in [-0.2, -0.15) is 5.26 Å². The molecule has 0 saturated carbocycles. The summed E-state index contributed by atoms with van der Waals surface area (Å²) < 4.78 is 0. The molecule has 0 bridgehead atoms. The third-order valence-electron chi connectivity index (χ3n) is 1.74. The van der Waals surface area contributed by atoms with Crippen molar-refractivity contribution >= 4 is 6.08 Å². The first-order valence-electron chi connectivity index (χ1n) is 4.41. The molecular weight excluding hydrogens is 158 g/mol. The fourth-order valence-corrected chi connectivity index (χ4v) is 1.04. The van der Waals surface area contributed by atoms with E-state index in [0.29, 0.717) is 5.92 Å². The van der Waals surface area contributed by atoms with E-state index in [1.54, 1.807) is 0 Å². The van der Waals surface area contributed by atoms with E-state index in [9.17, 15) is 0 Å². The zero-order valence-electron chi connectivity index (χ0n) is 7.99. The van der Waals surface area contributed by atoms with Crippen LogP contribution in [-0.2, 0) is 0 Å². The number of benzene rings is 1. The quantitative estimate of drug-likeness (QED) is 0.670. The van der Waals surface area contributed by atoms with Gasteiger partial charge in [0.15, 0.2) is 0 Å². The van der Waals surface area contributed by atoms with E-state index < -0.39 is 0 Å². The van der Waals surface area contributed by atoms with E-state index >= 15 is 0 Å². The van der Waals surface area contributed by atoms with E-state index in [-0.39, 0.29) is 0 Å². The Kier molecular flexibility index (Phi) is 3.28. The Labute approximate surface area is 79.3 Å². The van der Waals surface area contributed by atoms with Crippen LogP contribution in [0.25, 0.3) is 6.08 Å². The SMILES string of the molecule is CC(C)/C=C/c1ccccc1C#N. The van der Waals surface area contributed by atoms with Crippen molar-refractivity contribution in [2.24, 2.45) is 5.92 Å². The molecule has 0 spiro atoms. The molecule has 0 aliphatic carbocycles. The molecule has 0 amide bonds. The molecule has 0 N–H and O–H groups in total. The van der Waals surface area contributed by atoms with Gasteiger partial charge in [-0.05, 0) is 17.5 Å². The van der Waals surface area contributed by atoms with Crippen LogP contribution in [0.4, 0.5) is 0 Å². The number of nitriles is 1. The smallest absolute Gasteiger partial charge is 0.0997 e. The van der Waals surface area contributed by atoms with Gasteiger partial charge >= 0.3 is 0 Å². The van der Waals surface area contributed by atoms with Gasteiger partial charge in [0.2, 0.25) is 0 Å². The highest BCUT2D eigenvalue weighted by Crippen LogP contribution is 2.10. The fourth-order valence-electron chi connectivity index (χ4n) is 1.04. The first-order valence-corrected chi connectivity index (χ1v) is 4.41. The molecule has 1 heteroatoms. The first kappa shape index (κ1) is 9.54. The third kappa shape index (κ3) is 2.76. The monoisotopic (exact) mass is 171 g/mol. The minimum atomic E-state index is 0.520. The van der Waals surface area contributed by atoms with Crippen molar-refractivity contribution in [2.45, 2.75) is 13.8 Å². The average molecular weight is 171 g/mol. The number of rotatable bonds is 2. The second kappa shape index (κ2) is 4.47. The molecule has 0 radical (unpaired) electrons. The summed E-state index contributed by atoms with van der Waals surface area (Å²) >= 11 is 0. The summed E-state index contributed by atoms with van der Waals surface area (Å²) in [6.07, 6.45) is 4.10. The minimum absolute atomic E-state index is 0.520. The van der Waals surface area contributed by atoms with Crippen LogP contribution in [0.3, 0.4) is 0 Å². The average Bonchev–Trinajstić information content (AvgIpc) is 2.15. The molecule has 0 heterocycles. The van der Waals surface area contributed by atoms with Gasteiger partial charge in [-0.15, -0.1) is 0 Å². The molecule has 0 saturated heterocycles. The van der Waals surface area contributed by atoms with Crippen LogP contribution in [0.1, 0.15) is 25.0 Å². The molecule has 66 valence electrons. The van der Waals surface area contributed by atoms with E-state index in [1.165, 1.54) is 0 Å². The van der Waals surface area contributed by atoms with Crippen molar-refractivity contribution in [2.75, 3.05) is 0 Å². The summed E-state index contributed by atoms with van der Waals surface area (Å²) in [6, 6.07) is 9.78. The number of hydrogen-bond acceptors (Lipinski definition) is 1. The van der Waals surface area contributed by atoms with Crippen molar-refractivity contribution in [3.63, 3.8) is 0 Å². The van der Waals surface area contributed by atoms with E-state index in [4.69, 9.17) is 5.26 Å². The maximum Gasteiger partial charge on any atom is 0.0997 e. The van der Waals surface area contributed by atoms with Crippen molar-refractivity contribution < 1.29 is 0 Å². The lowest BCUT2D eigenvalue weighted by molar-refractivity contribution is 0.836. The van der Waals surface area contributed by atoms with Gasteiger partial charge in [-0.1, -0.05) is 44.2 Å². The predicted molar refractivity (Wildman–Crippen MR) is 55.0 cm³/mol. The van der Waals surface area contributed by atoms with Crippen LogP contribution >= 0.6 is 0 Å². The van der Waals surface area contributed by atoms with Gasteiger partial charge in [0.25, 0.3) is 0 Å². The Morgan fingerprint density at radius 3 is 2.62 bits per heavy atom. The number of hydrogen-bond donors (Lipinski definition) is 0. The van der Waals surface area contributed by atoms with Gasteiger partial charge in [0.1, 0.15) is 0 Å². The van der Waals surface area contributed by atoms with E-state index in [1.807, 2.05) is 30.3 Å². The molecular formula is C12H13N. The van der Waals surface area contributed by atoms with Crippen LogP contribution in [0.2, 0.25) is 0 Å². The highest BCUT2D eigenvalue weighted by Gasteiger charge is 1.95. The van der Waals surface area contributed by atoms with Crippen molar-refractivity contribution in [3.8, 4) is 6.07 Å². The fraction of sp³-hybridized carbons (Fsp3) is 0.250. The van der Waals surface area contributed by atoms with Gasteiger partial charge in [-0.3, -0.25) is 0 Å². The Morgan fingerprint density at radius 1 is 1.31 bits per heavy atom. The third-order valence-corrected chi connectivity index (χ3v) is 1.74. The Bertz CT molecular complexity index is 342. The molecule has 0 aliphatic rings. The van der Waals surface area contributed by atoms with Crippen molar-refractivity contribution in [1.29, 1.82) is 5.26 Å². The highest BCUT2D eigenvalue weighted by atomic mass is 14.2. The van der Waals surface area contributed by atoms with Gasteiger partial charge in [0.05, 0.1) is 11.6 Å². The summed E-state index contributed by atoms with van der Waals surface area (Å²) in [5.41, 5.74) is 1.73. The summed E-state index contributed by atoms with van der Waals surface area (Å²) in [6.45, 7) is 4.23. The highest BCUT2D eigenvalue weighted by molar-refractivity contribution is 5.57. The summed E-state index contributed by atoms with van der Waals surface area (Å²) in [5.74, 6) is 0.520. The molecule has 1 rings (SSSR count). The maximum atomic E-state index is 8.80. The van der Waals surface area contributed by atoms with E-state index in [0.717, 1.165) is 11.1 Å². The Morgan fingerprint density at radius 2 is 2.00 bits per heavy atom. The number of nitrogens with zero attached hydrogens (tertiary/aromatic N) is 1. The van der Waals surface area contributed by atoms with Crippen LogP contribution in [0.15, 0.2) is 30.3 Å². The molecule has 0 unspecified atom stereocenters. The molecule has 0 fully saturated rings. The Hall–Kier alpha value is -1.55.